The number of amides is 4. The third kappa shape index (κ3) is 12.4. The van der Waals surface area contributed by atoms with E-state index in [4.69, 9.17) is 18.9 Å². The highest BCUT2D eigenvalue weighted by atomic mass is 19.1. The highest BCUT2D eigenvalue weighted by Gasteiger charge is 2.42. The molecule has 3 rings (SSSR count). The minimum Gasteiger partial charge on any atom is -0.449 e. The summed E-state index contributed by atoms with van der Waals surface area (Å²) >= 11 is 0. The lowest BCUT2D eigenvalue weighted by molar-refractivity contribution is -0.175. The number of rotatable bonds is 10. The van der Waals surface area contributed by atoms with Crippen molar-refractivity contribution in [2.75, 3.05) is 44.8 Å². The molecule has 4 amide bonds. The van der Waals surface area contributed by atoms with Gasteiger partial charge >= 0.3 is 12.1 Å². The zero-order chi connectivity index (χ0) is 36.9. The largest absolute Gasteiger partial charge is 0.449 e. The number of allylic oxidation sites excluding steroid dienone is 3. The molecule has 2 aliphatic rings. The first-order valence-corrected chi connectivity index (χ1v) is 15.8. The summed E-state index contributed by atoms with van der Waals surface area (Å²) in [5.74, 6) is -4.73. The van der Waals surface area contributed by atoms with Crippen LogP contribution in [0.2, 0.25) is 0 Å². The van der Waals surface area contributed by atoms with Crippen molar-refractivity contribution in [2.45, 2.75) is 72.8 Å². The summed E-state index contributed by atoms with van der Waals surface area (Å²) in [4.78, 5) is 65.6. The Hall–Kier alpha value is -4.63. The fourth-order valence-corrected chi connectivity index (χ4v) is 4.49. The molecule has 49 heavy (non-hydrogen) atoms. The van der Waals surface area contributed by atoms with E-state index < -0.39 is 59.2 Å². The first-order valence-electron chi connectivity index (χ1n) is 15.8. The van der Waals surface area contributed by atoms with Crippen LogP contribution < -0.4 is 10.6 Å². The van der Waals surface area contributed by atoms with Crippen LogP contribution in [0, 0.1) is 5.82 Å². The van der Waals surface area contributed by atoms with Crippen LogP contribution in [0.4, 0.5) is 19.3 Å². The van der Waals surface area contributed by atoms with E-state index in [0.29, 0.717) is 26.3 Å². The lowest BCUT2D eigenvalue weighted by atomic mass is 10.1. The minimum atomic E-state index is -1.78. The second-order valence-electron chi connectivity index (χ2n) is 11.7. The summed E-state index contributed by atoms with van der Waals surface area (Å²) in [7, 11) is 0. The minimum absolute atomic E-state index is 0.00601. The second-order valence-corrected chi connectivity index (χ2v) is 11.7. The Bertz CT molecular complexity index is 1450. The third-order valence-corrected chi connectivity index (χ3v) is 6.84. The molecule has 2 heterocycles. The summed E-state index contributed by atoms with van der Waals surface area (Å²) in [6.45, 7) is 16.4. The van der Waals surface area contributed by atoms with Crippen molar-refractivity contribution in [3.05, 3.63) is 65.4 Å². The molecule has 0 spiro atoms. The normalized spacial score (nSPS) is 17.7. The zero-order valence-corrected chi connectivity index (χ0v) is 29.0. The van der Waals surface area contributed by atoms with E-state index in [2.05, 4.69) is 17.2 Å². The molecule has 13 nitrogen and oxygen atoms in total. The van der Waals surface area contributed by atoms with Crippen LogP contribution in [-0.2, 0) is 44.7 Å². The number of halogens is 2. The molecular formula is C34H46F2N4O9. The fourth-order valence-electron chi connectivity index (χ4n) is 4.49. The van der Waals surface area contributed by atoms with Crippen molar-refractivity contribution in [3.63, 3.8) is 0 Å². The molecule has 0 radical (unpaired) electrons. The molecule has 15 heteroatoms. The number of nitrogens with zero attached hydrogens (tertiary/aromatic N) is 2. The maximum absolute atomic E-state index is 14.9. The molecule has 0 bridgehead atoms. The highest BCUT2D eigenvalue weighted by molar-refractivity contribution is 6.00. The van der Waals surface area contributed by atoms with Gasteiger partial charge in [0.1, 0.15) is 17.2 Å². The van der Waals surface area contributed by atoms with Gasteiger partial charge in [0.05, 0.1) is 19.8 Å². The van der Waals surface area contributed by atoms with Gasteiger partial charge in [-0.1, -0.05) is 26.5 Å². The molecule has 2 aliphatic heterocycles. The summed E-state index contributed by atoms with van der Waals surface area (Å²) in [6, 6.07) is 3.67. The summed E-state index contributed by atoms with van der Waals surface area (Å²) in [5.41, 5.74) is -0.756. The molecule has 0 aromatic heterocycles. The van der Waals surface area contributed by atoms with E-state index in [-0.39, 0.29) is 42.2 Å². The lowest BCUT2D eigenvalue weighted by Gasteiger charge is -2.35. The van der Waals surface area contributed by atoms with Crippen molar-refractivity contribution in [1.29, 1.82) is 0 Å². The third-order valence-electron chi connectivity index (χ3n) is 6.84. The predicted molar refractivity (Wildman–Crippen MR) is 176 cm³/mol. The van der Waals surface area contributed by atoms with Crippen molar-refractivity contribution >= 4 is 35.5 Å². The van der Waals surface area contributed by atoms with Gasteiger partial charge in [-0.05, 0) is 52.0 Å². The first-order chi connectivity index (χ1) is 23.1. The second kappa shape index (κ2) is 18.8. The van der Waals surface area contributed by atoms with Crippen LogP contribution in [0.1, 0.15) is 54.0 Å². The maximum atomic E-state index is 14.9. The van der Waals surface area contributed by atoms with Crippen molar-refractivity contribution < 1.29 is 51.7 Å². The van der Waals surface area contributed by atoms with Crippen LogP contribution in [0.5, 0.6) is 0 Å². The molecule has 0 aliphatic carbocycles. The van der Waals surface area contributed by atoms with E-state index in [1.807, 2.05) is 13.8 Å². The first kappa shape index (κ1) is 40.5. The van der Waals surface area contributed by atoms with Gasteiger partial charge in [0.2, 0.25) is 6.10 Å². The number of carbonyl (C=O) groups excluding carboxylic acids is 5. The maximum Gasteiger partial charge on any atom is 0.407 e. The fraction of sp³-hybridized carbons (Fsp3) is 0.500. The Morgan fingerprint density at radius 1 is 1.08 bits per heavy atom. The number of alkyl carbamates (subject to hydrolysis) is 1. The molecule has 1 aromatic rings. The van der Waals surface area contributed by atoms with Crippen LogP contribution in [0.15, 0.2) is 54.0 Å². The van der Waals surface area contributed by atoms with E-state index >= 15 is 0 Å². The molecule has 270 valence electrons. The van der Waals surface area contributed by atoms with Gasteiger partial charge in [-0.2, -0.15) is 0 Å². The van der Waals surface area contributed by atoms with E-state index in [1.165, 1.54) is 30.0 Å². The number of anilines is 1. The molecule has 2 saturated heterocycles. The Kier molecular flexibility index (Phi) is 15.5. The van der Waals surface area contributed by atoms with Gasteiger partial charge in [0.15, 0.2) is 6.10 Å². The van der Waals surface area contributed by atoms with Crippen molar-refractivity contribution in [3.8, 4) is 0 Å². The number of ether oxygens (including phenoxy) is 4. The monoisotopic (exact) mass is 692 g/mol. The van der Waals surface area contributed by atoms with Gasteiger partial charge in [-0.15, -0.1) is 0 Å². The van der Waals surface area contributed by atoms with Crippen LogP contribution in [-0.4, -0.2) is 96.8 Å². The van der Waals surface area contributed by atoms with Crippen molar-refractivity contribution in [1.82, 2.24) is 15.1 Å². The Morgan fingerprint density at radius 2 is 1.73 bits per heavy atom. The van der Waals surface area contributed by atoms with Gasteiger partial charge in [-0.25, -0.2) is 13.6 Å². The van der Waals surface area contributed by atoms with Crippen LogP contribution in [0.3, 0.4) is 0 Å². The SMILES string of the molecule is C=C(/C=C\C(F)=C(/C)C(=O)N1CCOCC1)N1CCOC(C(OC(C)=O)C(=O)Nc2ccc(CNC(=O)OC(C)(C)C)c(F)c2)C1=O.CC. The lowest BCUT2D eigenvalue weighted by Crippen LogP contribution is -2.55. The van der Waals surface area contributed by atoms with Crippen molar-refractivity contribution in [2.24, 2.45) is 0 Å². The molecule has 2 unspecified atom stereocenters. The smallest absolute Gasteiger partial charge is 0.407 e. The van der Waals surface area contributed by atoms with Gasteiger partial charge in [-0.3, -0.25) is 19.2 Å². The van der Waals surface area contributed by atoms with E-state index in [9.17, 15) is 32.8 Å². The number of hydrogen-bond donors (Lipinski definition) is 2. The number of benzene rings is 1. The average molecular weight is 693 g/mol. The van der Waals surface area contributed by atoms with E-state index in [0.717, 1.165) is 24.0 Å². The molecule has 0 saturated carbocycles. The summed E-state index contributed by atoms with van der Waals surface area (Å²) in [5, 5.41) is 4.84. The highest BCUT2D eigenvalue weighted by Crippen LogP contribution is 2.22. The van der Waals surface area contributed by atoms with Gasteiger partial charge < -0.3 is 39.4 Å². The topological polar surface area (TPSA) is 153 Å². The molecule has 2 fully saturated rings. The number of morpholine rings is 2. The Balaban J connectivity index is 0.00000409. The quantitative estimate of drug-likeness (QED) is 0.209. The van der Waals surface area contributed by atoms with Gasteiger partial charge in [0, 0.05) is 55.6 Å². The van der Waals surface area contributed by atoms with E-state index in [1.54, 1.807) is 20.8 Å². The molecular weight excluding hydrogens is 646 g/mol. The standard InChI is InChI=1S/C32H40F2N4O9.C2H6/c1-19(7-10-24(33)20(2)29(41)37-11-14-44-15-12-37)38-13-16-45-27(30(38)42)26(46-21(3)39)28(40)36-23-9-8-22(25(34)17-23)18-35-31(43)47-32(4,5)6;1-2/h7-10,17,26-27H,1,11-16,18H2,2-6H3,(H,35,43)(H,36,40);1-2H3/b10-7-,24-20-;. The number of hydrogen-bond acceptors (Lipinski definition) is 9. The Labute approximate surface area is 285 Å². The summed E-state index contributed by atoms with van der Waals surface area (Å²) < 4.78 is 50.7. The van der Waals surface area contributed by atoms with Gasteiger partial charge in [0.25, 0.3) is 17.7 Å². The summed E-state index contributed by atoms with van der Waals surface area (Å²) in [6.07, 6.45) is -1.91. The predicted octanol–water partition coefficient (Wildman–Crippen LogP) is 4.15. The molecule has 2 N–H and O–H groups in total. The molecule has 1 aromatic carbocycles. The molecule has 2 atom stereocenters. The zero-order valence-electron chi connectivity index (χ0n) is 29.0. The van der Waals surface area contributed by atoms with Crippen LogP contribution in [0.25, 0.3) is 0 Å². The number of carbonyl (C=O) groups is 5. The average Bonchev–Trinajstić information content (AvgIpc) is 3.05. The Morgan fingerprint density at radius 3 is 2.33 bits per heavy atom. The van der Waals surface area contributed by atoms with Crippen LogP contribution >= 0.6 is 0 Å². The number of esters is 1. The number of nitrogens with one attached hydrogen (secondary N) is 2.